The zero-order valence-electron chi connectivity index (χ0n) is 25.6. The monoisotopic (exact) mass is 612 g/mol. The van der Waals surface area contributed by atoms with E-state index < -0.39 is 6.61 Å². The smallest absolute Gasteiger partial charge is 0.248 e. The Hall–Kier alpha value is -4.31. The number of nitrogens with zero attached hydrogens (tertiary/aromatic N) is 7. The first-order valence-electron chi connectivity index (χ1n) is 15.6. The number of piperidine rings is 1. The summed E-state index contributed by atoms with van der Waals surface area (Å²) in [5.41, 5.74) is 3.01. The number of amidine groups is 1. The Morgan fingerprint density at radius 3 is 2.38 bits per heavy atom. The second-order valence-corrected chi connectivity index (χ2v) is 11.9. The molecule has 2 atom stereocenters. The first kappa shape index (κ1) is 30.7. The van der Waals surface area contributed by atoms with Crippen LogP contribution in [0, 0.1) is 11.3 Å². The van der Waals surface area contributed by atoms with Crippen molar-refractivity contribution in [2.75, 3.05) is 63.3 Å². The maximum atomic E-state index is 12.2. The largest absolute Gasteiger partial charge is 0.489 e. The molecule has 4 heterocycles. The third-order valence-corrected chi connectivity index (χ3v) is 9.28. The fourth-order valence-electron chi connectivity index (χ4n) is 6.84. The number of rotatable bonds is 7. The van der Waals surface area contributed by atoms with E-state index in [2.05, 4.69) is 55.0 Å². The van der Waals surface area contributed by atoms with Crippen LogP contribution in [0.1, 0.15) is 36.8 Å². The van der Waals surface area contributed by atoms with Gasteiger partial charge in [0.05, 0.1) is 24.8 Å². The summed E-state index contributed by atoms with van der Waals surface area (Å²) in [5.74, 6) is 0.945. The van der Waals surface area contributed by atoms with Crippen LogP contribution in [0.5, 0.6) is 5.75 Å². The molecular formula is C33H40N8O4. The predicted molar refractivity (Wildman–Crippen MR) is 173 cm³/mol. The summed E-state index contributed by atoms with van der Waals surface area (Å²) in [4.78, 5) is 31.9. The lowest BCUT2D eigenvalue weighted by Gasteiger charge is -2.43. The highest BCUT2D eigenvalue weighted by Crippen LogP contribution is 2.38. The van der Waals surface area contributed by atoms with Crippen LogP contribution >= 0.6 is 0 Å². The van der Waals surface area contributed by atoms with E-state index in [-0.39, 0.29) is 24.1 Å². The molecule has 12 heteroatoms. The van der Waals surface area contributed by atoms with Gasteiger partial charge in [-0.25, -0.2) is 4.99 Å². The molecule has 45 heavy (non-hydrogen) atoms. The minimum Gasteiger partial charge on any atom is -0.489 e. The number of amides is 1. The molecule has 12 nitrogen and oxygen atoms in total. The van der Waals surface area contributed by atoms with Crippen molar-refractivity contribution in [1.82, 2.24) is 9.80 Å². The molecule has 2 unspecified atom stereocenters. The molecule has 4 aliphatic heterocycles. The number of aliphatic hydroxyl groups is 1. The quantitative estimate of drug-likeness (QED) is 0.360. The molecule has 0 saturated carbocycles. The summed E-state index contributed by atoms with van der Waals surface area (Å²) < 4.78 is 11.6. The van der Waals surface area contributed by atoms with Crippen molar-refractivity contribution in [3.05, 3.63) is 53.6 Å². The Morgan fingerprint density at radius 1 is 1.09 bits per heavy atom. The molecule has 2 bridgehead atoms. The maximum Gasteiger partial charge on any atom is 0.248 e. The standard InChI is InChI=1S/C33H40N8O4/c1-35-32(22-3-10-30(23(15-22)18-34)45-29-16-26-8-9-27(17-29)41(26)31(43)19-42)38-33(36-2)37-24-4-6-25(7-5-24)39-11-13-40(14-12-39)28-20-44-21-28/h3-7,10,15,26-29,42H,1,8-9,11-14,16-17,19-21H2,2H3,(H,36,37). The van der Waals surface area contributed by atoms with Gasteiger partial charge < -0.3 is 29.7 Å². The number of aliphatic imine (C=N–C) groups is 3. The second-order valence-electron chi connectivity index (χ2n) is 11.9. The van der Waals surface area contributed by atoms with Crippen LogP contribution in [-0.4, -0.2) is 117 Å². The number of benzene rings is 2. The Morgan fingerprint density at radius 2 is 1.80 bits per heavy atom. The van der Waals surface area contributed by atoms with Gasteiger partial charge in [0.25, 0.3) is 0 Å². The van der Waals surface area contributed by atoms with Crippen molar-refractivity contribution in [1.29, 1.82) is 5.26 Å². The van der Waals surface area contributed by atoms with Gasteiger partial charge in [-0.1, -0.05) is 0 Å². The Kier molecular flexibility index (Phi) is 9.39. The second kappa shape index (κ2) is 13.8. The highest BCUT2D eigenvalue weighted by Gasteiger charge is 2.43. The van der Waals surface area contributed by atoms with E-state index in [0.29, 0.717) is 47.6 Å². The zero-order valence-corrected chi connectivity index (χ0v) is 25.6. The number of piperazine rings is 1. The molecule has 2 aromatic carbocycles. The van der Waals surface area contributed by atoms with Gasteiger partial charge in [0, 0.05) is 75.1 Å². The number of fused-ring (bicyclic) bond motifs is 2. The molecule has 0 radical (unpaired) electrons. The lowest BCUT2D eigenvalue weighted by atomic mass is 9.99. The third kappa shape index (κ3) is 6.71. The summed E-state index contributed by atoms with van der Waals surface area (Å²) in [6, 6.07) is 16.4. The average molecular weight is 613 g/mol. The van der Waals surface area contributed by atoms with Crippen molar-refractivity contribution in [2.24, 2.45) is 15.0 Å². The van der Waals surface area contributed by atoms with E-state index in [1.165, 1.54) is 5.69 Å². The molecule has 1 amide bonds. The molecule has 0 aromatic heterocycles. The number of carbonyl (C=O) groups excluding carboxylic acids is 1. The molecule has 0 spiro atoms. The van der Waals surface area contributed by atoms with Crippen LogP contribution in [0.3, 0.4) is 0 Å². The molecule has 4 fully saturated rings. The first-order chi connectivity index (χ1) is 22.0. The van der Waals surface area contributed by atoms with E-state index in [1.807, 2.05) is 23.1 Å². The topological polar surface area (TPSA) is 138 Å². The average Bonchev–Trinajstić information content (AvgIpc) is 3.32. The van der Waals surface area contributed by atoms with Gasteiger partial charge >= 0.3 is 0 Å². The minimum absolute atomic E-state index is 0.0561. The highest BCUT2D eigenvalue weighted by atomic mass is 16.5. The van der Waals surface area contributed by atoms with Crippen molar-refractivity contribution >= 4 is 35.8 Å². The van der Waals surface area contributed by atoms with Gasteiger partial charge in [-0.15, -0.1) is 0 Å². The number of guanidine groups is 1. The summed E-state index contributed by atoms with van der Waals surface area (Å²) in [6.07, 6.45) is 3.03. The van der Waals surface area contributed by atoms with Crippen molar-refractivity contribution in [3.8, 4) is 11.8 Å². The van der Waals surface area contributed by atoms with Gasteiger partial charge in [-0.2, -0.15) is 10.3 Å². The molecule has 6 rings (SSSR count). The fraction of sp³-hybridized carbons (Fsp3) is 0.485. The van der Waals surface area contributed by atoms with E-state index in [0.717, 1.165) is 57.9 Å². The van der Waals surface area contributed by atoms with Crippen LogP contribution < -0.4 is 15.0 Å². The van der Waals surface area contributed by atoms with Crippen LogP contribution in [-0.2, 0) is 9.53 Å². The number of anilines is 2. The molecule has 4 aliphatic rings. The zero-order chi connectivity index (χ0) is 31.3. The van der Waals surface area contributed by atoms with E-state index in [9.17, 15) is 15.2 Å². The molecule has 0 aliphatic carbocycles. The Balaban J connectivity index is 1.08. The number of hydrogen-bond donors (Lipinski definition) is 2. The molecule has 236 valence electrons. The lowest BCUT2D eigenvalue weighted by Crippen LogP contribution is -2.56. The van der Waals surface area contributed by atoms with Crippen LogP contribution in [0.2, 0.25) is 0 Å². The summed E-state index contributed by atoms with van der Waals surface area (Å²) >= 11 is 0. The number of ether oxygens (including phenoxy) is 2. The van der Waals surface area contributed by atoms with Gasteiger partial charge in [0.15, 0.2) is 5.84 Å². The van der Waals surface area contributed by atoms with E-state index in [4.69, 9.17) is 9.47 Å². The Bertz CT molecular complexity index is 1480. The third-order valence-electron chi connectivity index (χ3n) is 9.28. The number of nitriles is 1. The van der Waals surface area contributed by atoms with Gasteiger partial charge in [-0.05, 0) is 62.0 Å². The van der Waals surface area contributed by atoms with E-state index >= 15 is 0 Å². The first-order valence-corrected chi connectivity index (χ1v) is 15.6. The number of carbonyl (C=O) groups is 1. The van der Waals surface area contributed by atoms with Crippen molar-refractivity contribution in [2.45, 2.75) is 49.9 Å². The SMILES string of the molecule is C=NC(=NC(=NC)Nc1ccc(N2CCN(C3COC3)CC2)cc1)c1ccc(OC2CC3CCC(C2)N3C(=O)CO)c(C#N)c1. The number of nitrogens with one attached hydrogen (secondary N) is 1. The molecule has 2 aromatic rings. The van der Waals surface area contributed by atoms with Gasteiger partial charge in [0.1, 0.15) is 24.5 Å². The minimum atomic E-state index is -0.471. The van der Waals surface area contributed by atoms with E-state index in [1.54, 1.807) is 19.2 Å². The number of hydrogen-bond acceptors (Lipinski definition) is 8. The fourth-order valence-corrected chi connectivity index (χ4v) is 6.84. The molecular weight excluding hydrogens is 572 g/mol. The normalized spacial score (nSPS) is 24.2. The van der Waals surface area contributed by atoms with Gasteiger partial charge in [-0.3, -0.25) is 14.7 Å². The summed E-state index contributed by atoms with van der Waals surface area (Å²) in [6.45, 7) is 9.00. The summed E-state index contributed by atoms with van der Waals surface area (Å²) in [5, 5.41) is 22.5. The lowest BCUT2D eigenvalue weighted by molar-refractivity contribution is -0.140. The molecule has 4 saturated heterocycles. The van der Waals surface area contributed by atoms with Gasteiger partial charge in [0.2, 0.25) is 11.9 Å². The predicted octanol–water partition coefficient (Wildman–Crippen LogP) is 2.52. The molecule has 2 N–H and O–H groups in total. The maximum absolute atomic E-state index is 12.2. The van der Waals surface area contributed by atoms with Crippen molar-refractivity contribution in [3.63, 3.8) is 0 Å². The van der Waals surface area contributed by atoms with Crippen LogP contribution in [0.15, 0.2) is 57.4 Å². The van der Waals surface area contributed by atoms with Crippen LogP contribution in [0.25, 0.3) is 0 Å². The van der Waals surface area contributed by atoms with Crippen LogP contribution in [0.4, 0.5) is 11.4 Å². The highest BCUT2D eigenvalue weighted by molar-refractivity contribution is 6.10. The summed E-state index contributed by atoms with van der Waals surface area (Å²) in [7, 11) is 1.65. The van der Waals surface area contributed by atoms with Crippen molar-refractivity contribution < 1.29 is 19.4 Å². The Labute approximate surface area is 263 Å². The number of aliphatic hydroxyl groups excluding tert-OH is 1.